The maximum Gasteiger partial charge on any atom is 0.231 e. The van der Waals surface area contributed by atoms with E-state index in [0.717, 1.165) is 5.56 Å². The Labute approximate surface area is 113 Å². The molecule has 0 saturated carbocycles. The summed E-state index contributed by atoms with van der Waals surface area (Å²) in [6, 6.07) is 0.280. The zero-order valence-corrected chi connectivity index (χ0v) is 12.1. The maximum atomic E-state index is 5.44. The Morgan fingerprint density at radius 1 is 1.32 bits per heavy atom. The second kappa shape index (κ2) is 5.52. The van der Waals surface area contributed by atoms with Gasteiger partial charge in [-0.15, -0.1) is 0 Å². The van der Waals surface area contributed by atoms with E-state index in [-0.39, 0.29) is 12.0 Å². The van der Waals surface area contributed by atoms with Crippen molar-refractivity contribution in [1.29, 1.82) is 0 Å². The molecule has 0 radical (unpaired) electrons. The Bertz CT molecular complexity index is 531. The van der Waals surface area contributed by atoms with Crippen LogP contribution < -0.4 is 5.32 Å². The van der Waals surface area contributed by atoms with Gasteiger partial charge >= 0.3 is 0 Å². The minimum Gasteiger partial charge on any atom is -0.339 e. The van der Waals surface area contributed by atoms with E-state index in [9.17, 15) is 0 Å². The molecule has 0 aromatic carbocycles. The third-order valence-corrected chi connectivity index (χ3v) is 3.40. The van der Waals surface area contributed by atoms with Crippen LogP contribution in [0.1, 0.15) is 32.6 Å². The maximum absolute atomic E-state index is 5.44. The fourth-order valence-electron chi connectivity index (χ4n) is 2.28. The molecule has 2 aromatic heterocycles. The molecule has 0 aliphatic carbocycles. The van der Waals surface area contributed by atoms with Gasteiger partial charge in [-0.3, -0.25) is 4.68 Å². The van der Waals surface area contributed by atoms with Crippen molar-refractivity contribution in [2.75, 3.05) is 7.05 Å². The molecular weight excluding hydrogens is 242 g/mol. The highest BCUT2D eigenvalue weighted by molar-refractivity contribution is 5.51. The minimum atomic E-state index is 0.197. The highest BCUT2D eigenvalue weighted by atomic mass is 16.5. The van der Waals surface area contributed by atoms with Crippen molar-refractivity contribution in [3.8, 4) is 11.4 Å². The van der Waals surface area contributed by atoms with Crippen LogP contribution in [0.3, 0.4) is 0 Å². The second-order valence-corrected chi connectivity index (χ2v) is 5.21. The molecule has 0 saturated heterocycles. The van der Waals surface area contributed by atoms with Crippen LogP contribution in [0.15, 0.2) is 16.9 Å². The standard InChI is InChI=1S/C13H21N5O/c1-8(2)11(9(3)14-4)13-16-12(17-19-13)10-6-15-18(5)7-10/h6-9,11,14H,1-5H3. The van der Waals surface area contributed by atoms with Crippen molar-refractivity contribution in [1.82, 2.24) is 25.2 Å². The van der Waals surface area contributed by atoms with Gasteiger partial charge in [0, 0.05) is 19.3 Å². The van der Waals surface area contributed by atoms with Gasteiger partial charge in [-0.2, -0.15) is 10.1 Å². The Morgan fingerprint density at radius 2 is 2.05 bits per heavy atom. The predicted octanol–water partition coefficient (Wildman–Crippen LogP) is 1.82. The molecule has 6 heteroatoms. The van der Waals surface area contributed by atoms with Crippen LogP contribution in [-0.4, -0.2) is 33.0 Å². The Morgan fingerprint density at radius 3 is 2.58 bits per heavy atom. The molecule has 2 heterocycles. The zero-order valence-electron chi connectivity index (χ0n) is 12.1. The van der Waals surface area contributed by atoms with Gasteiger partial charge < -0.3 is 9.84 Å². The monoisotopic (exact) mass is 263 g/mol. The van der Waals surface area contributed by atoms with Gasteiger partial charge in [-0.1, -0.05) is 19.0 Å². The van der Waals surface area contributed by atoms with Gasteiger partial charge in [-0.25, -0.2) is 0 Å². The number of nitrogens with zero attached hydrogens (tertiary/aromatic N) is 4. The molecule has 0 bridgehead atoms. The van der Waals surface area contributed by atoms with E-state index < -0.39 is 0 Å². The van der Waals surface area contributed by atoms with E-state index in [4.69, 9.17) is 4.52 Å². The quantitative estimate of drug-likeness (QED) is 0.891. The number of aromatic nitrogens is 4. The normalized spacial score (nSPS) is 14.8. The summed E-state index contributed by atoms with van der Waals surface area (Å²) in [6.07, 6.45) is 3.61. The molecule has 6 nitrogen and oxygen atoms in total. The van der Waals surface area contributed by atoms with E-state index in [1.165, 1.54) is 0 Å². The van der Waals surface area contributed by atoms with Gasteiger partial charge in [0.1, 0.15) is 0 Å². The first kappa shape index (κ1) is 13.7. The average molecular weight is 263 g/mol. The average Bonchev–Trinajstić information content (AvgIpc) is 2.97. The van der Waals surface area contributed by atoms with Crippen molar-refractivity contribution in [3.05, 3.63) is 18.3 Å². The third-order valence-electron chi connectivity index (χ3n) is 3.40. The fourth-order valence-corrected chi connectivity index (χ4v) is 2.28. The summed E-state index contributed by atoms with van der Waals surface area (Å²) in [5.74, 6) is 1.89. The van der Waals surface area contributed by atoms with E-state index in [0.29, 0.717) is 17.6 Å². The van der Waals surface area contributed by atoms with Gasteiger partial charge in [0.15, 0.2) is 0 Å². The number of likely N-dealkylation sites (N-methyl/N-ethyl adjacent to an activating group) is 1. The van der Waals surface area contributed by atoms with Crippen LogP contribution >= 0.6 is 0 Å². The largest absolute Gasteiger partial charge is 0.339 e. The summed E-state index contributed by atoms with van der Waals surface area (Å²) in [5.41, 5.74) is 0.872. The summed E-state index contributed by atoms with van der Waals surface area (Å²) >= 11 is 0. The molecule has 104 valence electrons. The van der Waals surface area contributed by atoms with Gasteiger partial charge in [0.25, 0.3) is 0 Å². The highest BCUT2D eigenvalue weighted by Crippen LogP contribution is 2.28. The molecule has 1 N–H and O–H groups in total. The van der Waals surface area contributed by atoms with E-state index in [1.54, 1.807) is 10.9 Å². The summed E-state index contributed by atoms with van der Waals surface area (Å²) in [6.45, 7) is 6.44. The molecule has 0 fully saturated rings. The zero-order chi connectivity index (χ0) is 14.0. The van der Waals surface area contributed by atoms with Crippen LogP contribution in [0.2, 0.25) is 0 Å². The van der Waals surface area contributed by atoms with Crippen LogP contribution in [0.25, 0.3) is 11.4 Å². The number of hydrogen-bond acceptors (Lipinski definition) is 5. The van der Waals surface area contributed by atoms with Crippen molar-refractivity contribution < 1.29 is 4.52 Å². The topological polar surface area (TPSA) is 68.8 Å². The summed E-state index contributed by atoms with van der Waals surface area (Å²) in [4.78, 5) is 4.51. The van der Waals surface area contributed by atoms with Crippen LogP contribution in [0.4, 0.5) is 0 Å². The summed E-state index contributed by atoms with van der Waals surface area (Å²) in [5, 5.41) is 11.4. The van der Waals surface area contributed by atoms with E-state index in [1.807, 2.05) is 20.3 Å². The van der Waals surface area contributed by atoms with Gasteiger partial charge in [0.05, 0.1) is 17.7 Å². The molecule has 0 aliphatic heterocycles. The Kier molecular flexibility index (Phi) is 3.99. The first-order valence-corrected chi connectivity index (χ1v) is 6.52. The lowest BCUT2D eigenvalue weighted by Gasteiger charge is -2.23. The Hall–Kier alpha value is -1.69. The van der Waals surface area contributed by atoms with Gasteiger partial charge in [0.2, 0.25) is 11.7 Å². The van der Waals surface area contributed by atoms with Gasteiger partial charge in [-0.05, 0) is 19.9 Å². The molecular formula is C13H21N5O. The molecule has 0 aliphatic rings. The summed E-state index contributed by atoms with van der Waals surface area (Å²) in [7, 11) is 3.81. The van der Waals surface area contributed by atoms with Crippen molar-refractivity contribution in [3.63, 3.8) is 0 Å². The van der Waals surface area contributed by atoms with Crippen molar-refractivity contribution in [2.45, 2.75) is 32.7 Å². The number of aryl methyl sites for hydroxylation is 1. The molecule has 0 spiro atoms. The second-order valence-electron chi connectivity index (χ2n) is 5.21. The number of rotatable bonds is 5. The smallest absolute Gasteiger partial charge is 0.231 e. The SMILES string of the molecule is CNC(C)C(c1nc(-c2cnn(C)c2)no1)C(C)C. The molecule has 0 amide bonds. The third kappa shape index (κ3) is 2.84. The Balaban J connectivity index is 2.28. The van der Waals surface area contributed by atoms with Crippen molar-refractivity contribution >= 4 is 0 Å². The summed E-state index contributed by atoms with van der Waals surface area (Å²) < 4.78 is 7.16. The first-order chi connectivity index (χ1) is 9.02. The first-order valence-electron chi connectivity index (χ1n) is 6.52. The number of hydrogen-bond donors (Lipinski definition) is 1. The van der Waals surface area contributed by atoms with Crippen LogP contribution in [0.5, 0.6) is 0 Å². The van der Waals surface area contributed by atoms with Crippen LogP contribution in [0, 0.1) is 5.92 Å². The lowest BCUT2D eigenvalue weighted by Crippen LogP contribution is -2.32. The lowest BCUT2D eigenvalue weighted by molar-refractivity contribution is 0.286. The van der Waals surface area contributed by atoms with Crippen LogP contribution in [-0.2, 0) is 7.05 Å². The molecule has 2 rings (SSSR count). The number of nitrogens with one attached hydrogen (secondary N) is 1. The molecule has 2 unspecified atom stereocenters. The molecule has 2 aromatic rings. The fraction of sp³-hybridized carbons (Fsp3) is 0.615. The molecule has 2 atom stereocenters. The van der Waals surface area contributed by atoms with E-state index in [2.05, 4.69) is 41.3 Å². The minimum absolute atomic E-state index is 0.197. The van der Waals surface area contributed by atoms with Crippen molar-refractivity contribution in [2.24, 2.45) is 13.0 Å². The predicted molar refractivity (Wildman–Crippen MR) is 72.6 cm³/mol. The highest BCUT2D eigenvalue weighted by Gasteiger charge is 2.27. The van der Waals surface area contributed by atoms with E-state index >= 15 is 0 Å². The molecule has 19 heavy (non-hydrogen) atoms. The lowest BCUT2D eigenvalue weighted by atomic mass is 9.89.